The van der Waals surface area contributed by atoms with Gasteiger partial charge in [-0.05, 0) is 30.7 Å². The average molecular weight is 382 g/mol. The number of carbonyl (C=O) groups excluding carboxylic acids is 1. The molecule has 1 aromatic heterocycles. The van der Waals surface area contributed by atoms with Crippen molar-refractivity contribution in [2.75, 3.05) is 40.4 Å². The van der Waals surface area contributed by atoms with Gasteiger partial charge in [-0.2, -0.15) is 5.10 Å². The molecule has 1 amide bonds. The molecule has 3 atom stereocenters. The number of nitrogens with one attached hydrogen (secondary N) is 1. The Bertz CT molecular complexity index is 878. The summed E-state index contributed by atoms with van der Waals surface area (Å²) in [4.78, 5) is 17.6. The normalized spacial score (nSPS) is 26.9. The minimum atomic E-state index is 0.0357. The monoisotopic (exact) mass is 382 g/mol. The number of ether oxygens (including phenoxy) is 2. The van der Waals surface area contributed by atoms with Gasteiger partial charge in [-0.15, -0.1) is 0 Å². The molecule has 0 bridgehead atoms. The number of carbonyl (C=O) groups is 1. The van der Waals surface area contributed by atoms with E-state index in [2.05, 4.69) is 34.3 Å². The molecule has 0 radical (unpaired) electrons. The molecule has 0 unspecified atom stereocenters. The van der Waals surface area contributed by atoms with Crippen molar-refractivity contribution in [1.82, 2.24) is 20.0 Å². The van der Waals surface area contributed by atoms with E-state index in [0.717, 1.165) is 43.1 Å². The lowest BCUT2D eigenvalue weighted by Gasteiger charge is -2.27. The Morgan fingerprint density at radius 1 is 1.25 bits per heavy atom. The summed E-state index contributed by atoms with van der Waals surface area (Å²) < 4.78 is 10.8. The molecule has 0 aliphatic carbocycles. The van der Waals surface area contributed by atoms with Gasteiger partial charge in [-0.1, -0.05) is 12.1 Å². The van der Waals surface area contributed by atoms with Gasteiger partial charge in [0.25, 0.3) is 5.91 Å². The van der Waals surface area contributed by atoms with E-state index < -0.39 is 0 Å². The van der Waals surface area contributed by atoms with E-state index in [4.69, 9.17) is 9.47 Å². The maximum absolute atomic E-state index is 13.2. The van der Waals surface area contributed by atoms with Gasteiger partial charge in [-0.25, -0.2) is 0 Å². The molecule has 28 heavy (non-hydrogen) atoms. The molecule has 4 heterocycles. The smallest absolute Gasteiger partial charge is 0.274 e. The summed E-state index contributed by atoms with van der Waals surface area (Å²) in [6.07, 6.45) is 0.797. The Morgan fingerprint density at radius 2 is 2.07 bits per heavy atom. The van der Waals surface area contributed by atoms with Crippen molar-refractivity contribution in [3.8, 4) is 5.75 Å². The minimum absolute atomic E-state index is 0.0357. The summed E-state index contributed by atoms with van der Waals surface area (Å²) in [6.45, 7) is 3.74. The van der Waals surface area contributed by atoms with Crippen molar-refractivity contribution < 1.29 is 14.3 Å². The second-order valence-corrected chi connectivity index (χ2v) is 8.12. The third-order valence-corrected chi connectivity index (χ3v) is 6.54. The zero-order chi connectivity index (χ0) is 19.3. The molecule has 1 aromatic carbocycles. The molecule has 7 heteroatoms. The maximum Gasteiger partial charge on any atom is 0.274 e. The standard InChI is InChI=1S/C21H26N4O3/c1-24-9-14-10-25(21(26)19-17-12-28-8-7-18(17)22-23-19)11-16(14)20(24)13-3-5-15(27-2)6-4-13/h3-6,14,16,20H,7-12H2,1-2H3,(H,22,23)/t14-,16+,20+/m0/s1. The fourth-order valence-corrected chi connectivity index (χ4v) is 5.16. The lowest BCUT2D eigenvalue weighted by molar-refractivity contribution is 0.0748. The topological polar surface area (TPSA) is 70.7 Å². The molecule has 2 fully saturated rings. The van der Waals surface area contributed by atoms with Crippen LogP contribution in [0.25, 0.3) is 0 Å². The van der Waals surface area contributed by atoms with Crippen LogP contribution in [0.2, 0.25) is 0 Å². The molecule has 1 N–H and O–H groups in total. The van der Waals surface area contributed by atoms with Gasteiger partial charge in [0.2, 0.25) is 0 Å². The summed E-state index contributed by atoms with van der Waals surface area (Å²) in [5.41, 5.74) is 3.82. The lowest BCUT2D eigenvalue weighted by atomic mass is 9.89. The highest BCUT2D eigenvalue weighted by Gasteiger charge is 2.47. The molecule has 3 aliphatic rings. The number of aromatic nitrogens is 2. The Balaban J connectivity index is 1.36. The molecule has 3 aliphatic heterocycles. The Hall–Kier alpha value is -2.38. The van der Waals surface area contributed by atoms with Crippen LogP contribution in [0.15, 0.2) is 24.3 Å². The predicted octanol–water partition coefficient (Wildman–Crippen LogP) is 1.87. The summed E-state index contributed by atoms with van der Waals surface area (Å²) in [6, 6.07) is 8.65. The number of rotatable bonds is 3. The number of benzene rings is 1. The first-order chi connectivity index (χ1) is 13.7. The number of amides is 1. The number of methoxy groups -OCH3 is 1. The van der Waals surface area contributed by atoms with Crippen LogP contribution in [-0.2, 0) is 17.8 Å². The summed E-state index contributed by atoms with van der Waals surface area (Å²) in [5, 5.41) is 7.36. The minimum Gasteiger partial charge on any atom is -0.497 e. The van der Waals surface area contributed by atoms with Crippen LogP contribution in [-0.4, -0.2) is 66.3 Å². The van der Waals surface area contributed by atoms with E-state index in [0.29, 0.717) is 36.8 Å². The third kappa shape index (κ3) is 2.81. The lowest BCUT2D eigenvalue weighted by Crippen LogP contribution is -2.34. The highest BCUT2D eigenvalue weighted by atomic mass is 16.5. The number of H-pyrrole nitrogens is 1. The molecule has 0 saturated carbocycles. The molecular formula is C21H26N4O3. The second-order valence-electron chi connectivity index (χ2n) is 8.12. The predicted molar refractivity (Wildman–Crippen MR) is 103 cm³/mol. The number of aromatic amines is 1. The molecule has 2 saturated heterocycles. The van der Waals surface area contributed by atoms with Gasteiger partial charge in [0.1, 0.15) is 5.75 Å². The SMILES string of the molecule is COc1ccc([C@@H]2[C@@H]3CN(C(=O)c4n[nH]c5c4COCC5)C[C@@H]3CN2C)cc1. The highest BCUT2D eigenvalue weighted by molar-refractivity contribution is 5.94. The number of hydrogen-bond donors (Lipinski definition) is 1. The van der Waals surface area contributed by atoms with E-state index in [9.17, 15) is 4.79 Å². The second kappa shape index (κ2) is 6.90. The fourth-order valence-electron chi connectivity index (χ4n) is 5.16. The van der Waals surface area contributed by atoms with Gasteiger partial charge in [0.15, 0.2) is 5.69 Å². The van der Waals surface area contributed by atoms with Crippen LogP contribution < -0.4 is 4.74 Å². The quantitative estimate of drug-likeness (QED) is 0.878. The average Bonchev–Trinajstić information content (AvgIpc) is 3.40. The molecule has 7 nitrogen and oxygen atoms in total. The summed E-state index contributed by atoms with van der Waals surface area (Å²) in [7, 11) is 3.87. The van der Waals surface area contributed by atoms with Crippen molar-refractivity contribution in [2.24, 2.45) is 11.8 Å². The molecule has 0 spiro atoms. The summed E-state index contributed by atoms with van der Waals surface area (Å²) in [5.74, 6) is 1.84. The van der Waals surface area contributed by atoms with E-state index in [1.165, 1.54) is 5.56 Å². The van der Waals surface area contributed by atoms with E-state index in [-0.39, 0.29) is 5.91 Å². The largest absolute Gasteiger partial charge is 0.497 e. The van der Waals surface area contributed by atoms with Crippen molar-refractivity contribution in [1.29, 1.82) is 0 Å². The number of likely N-dealkylation sites (tertiary alicyclic amines) is 2. The van der Waals surface area contributed by atoms with Gasteiger partial charge < -0.3 is 14.4 Å². The maximum atomic E-state index is 13.2. The first-order valence-corrected chi connectivity index (χ1v) is 9.93. The number of hydrogen-bond acceptors (Lipinski definition) is 5. The summed E-state index contributed by atoms with van der Waals surface area (Å²) >= 11 is 0. The molecule has 5 rings (SSSR count). The molecular weight excluding hydrogens is 356 g/mol. The van der Waals surface area contributed by atoms with E-state index >= 15 is 0 Å². The van der Waals surface area contributed by atoms with Gasteiger partial charge >= 0.3 is 0 Å². The van der Waals surface area contributed by atoms with Crippen LogP contribution in [0.4, 0.5) is 0 Å². The molecule has 148 valence electrons. The Morgan fingerprint density at radius 3 is 2.86 bits per heavy atom. The van der Waals surface area contributed by atoms with Crippen molar-refractivity contribution in [2.45, 2.75) is 19.1 Å². The first kappa shape index (κ1) is 17.7. The van der Waals surface area contributed by atoms with Crippen molar-refractivity contribution >= 4 is 5.91 Å². The van der Waals surface area contributed by atoms with Crippen LogP contribution in [0.1, 0.15) is 33.4 Å². The highest BCUT2D eigenvalue weighted by Crippen LogP contribution is 2.44. The van der Waals surface area contributed by atoms with Crippen LogP contribution in [0.3, 0.4) is 0 Å². The molecule has 2 aromatic rings. The Labute approximate surface area is 164 Å². The van der Waals surface area contributed by atoms with Gasteiger partial charge in [0.05, 0.1) is 20.3 Å². The van der Waals surface area contributed by atoms with Crippen molar-refractivity contribution in [3.63, 3.8) is 0 Å². The fraction of sp³-hybridized carbons (Fsp3) is 0.524. The van der Waals surface area contributed by atoms with Gasteiger partial charge in [0, 0.05) is 49.3 Å². The first-order valence-electron chi connectivity index (χ1n) is 9.93. The zero-order valence-electron chi connectivity index (χ0n) is 16.4. The van der Waals surface area contributed by atoms with Crippen molar-refractivity contribution in [3.05, 3.63) is 46.8 Å². The Kier molecular flexibility index (Phi) is 4.36. The van der Waals surface area contributed by atoms with E-state index in [1.54, 1.807) is 7.11 Å². The number of fused-ring (bicyclic) bond motifs is 2. The van der Waals surface area contributed by atoms with Crippen LogP contribution >= 0.6 is 0 Å². The number of nitrogens with zero attached hydrogens (tertiary/aromatic N) is 3. The zero-order valence-corrected chi connectivity index (χ0v) is 16.4. The van der Waals surface area contributed by atoms with Crippen LogP contribution in [0.5, 0.6) is 5.75 Å². The van der Waals surface area contributed by atoms with E-state index in [1.807, 2.05) is 17.0 Å². The van der Waals surface area contributed by atoms with Gasteiger partial charge in [-0.3, -0.25) is 14.8 Å². The third-order valence-electron chi connectivity index (χ3n) is 6.54. The van der Waals surface area contributed by atoms with Crippen LogP contribution in [0, 0.1) is 11.8 Å².